The van der Waals surface area contributed by atoms with Gasteiger partial charge in [0.05, 0.1) is 6.54 Å². The Morgan fingerprint density at radius 3 is 2.80 bits per heavy atom. The van der Waals surface area contributed by atoms with Gasteiger partial charge in [0.25, 0.3) is 5.91 Å². The predicted octanol–water partition coefficient (Wildman–Crippen LogP) is 1.83. The molecule has 0 bridgehead atoms. The molecular weight excluding hydrogens is 247 g/mol. The first-order valence-electron chi connectivity index (χ1n) is 7.59. The Labute approximate surface area is 122 Å². The third-order valence-electron chi connectivity index (χ3n) is 4.52. The van der Waals surface area contributed by atoms with Crippen LogP contribution < -0.4 is 10.9 Å². The predicted molar refractivity (Wildman–Crippen MR) is 81.0 cm³/mol. The van der Waals surface area contributed by atoms with Gasteiger partial charge < -0.3 is 0 Å². The minimum Gasteiger partial charge on any atom is -0.269 e. The first-order valence-corrected chi connectivity index (χ1v) is 7.59. The van der Waals surface area contributed by atoms with Crippen LogP contribution in [-0.2, 0) is 6.54 Å². The number of hydrazine groups is 1. The summed E-state index contributed by atoms with van der Waals surface area (Å²) in [4.78, 5) is 12.4. The number of aryl methyl sites for hydroxylation is 1. The van der Waals surface area contributed by atoms with E-state index in [-0.39, 0.29) is 5.91 Å². The molecule has 1 fully saturated rings. The van der Waals surface area contributed by atoms with Gasteiger partial charge in [0.1, 0.15) is 7.85 Å². The number of hydrogen-bond acceptors (Lipinski definition) is 2. The van der Waals surface area contributed by atoms with Crippen molar-refractivity contribution in [1.29, 1.82) is 0 Å². The van der Waals surface area contributed by atoms with Gasteiger partial charge in [-0.3, -0.25) is 9.80 Å². The van der Waals surface area contributed by atoms with Crippen molar-refractivity contribution in [2.75, 3.05) is 6.54 Å². The van der Waals surface area contributed by atoms with E-state index in [1.807, 2.05) is 19.1 Å². The fourth-order valence-corrected chi connectivity index (χ4v) is 3.46. The molecule has 0 spiro atoms. The highest BCUT2D eigenvalue weighted by atomic mass is 16.2. The van der Waals surface area contributed by atoms with Crippen molar-refractivity contribution in [2.45, 2.75) is 45.6 Å². The van der Waals surface area contributed by atoms with Crippen LogP contribution in [0.25, 0.3) is 0 Å². The quantitative estimate of drug-likeness (QED) is 0.848. The Balaban J connectivity index is 1.66. The van der Waals surface area contributed by atoms with Crippen molar-refractivity contribution < 1.29 is 4.79 Å². The summed E-state index contributed by atoms with van der Waals surface area (Å²) < 4.78 is 0. The van der Waals surface area contributed by atoms with Crippen LogP contribution in [0.3, 0.4) is 0 Å². The van der Waals surface area contributed by atoms with E-state index >= 15 is 0 Å². The molecule has 2 aliphatic rings. The summed E-state index contributed by atoms with van der Waals surface area (Å²) >= 11 is 0. The molecule has 104 valence electrons. The normalized spacial score (nSPS) is 19.4. The van der Waals surface area contributed by atoms with Gasteiger partial charge in [0.15, 0.2) is 0 Å². The van der Waals surface area contributed by atoms with Crippen LogP contribution in [0.15, 0.2) is 12.1 Å². The lowest BCUT2D eigenvalue weighted by Gasteiger charge is -2.25. The van der Waals surface area contributed by atoms with E-state index in [2.05, 4.69) is 5.43 Å². The fourth-order valence-electron chi connectivity index (χ4n) is 3.46. The van der Waals surface area contributed by atoms with Crippen LogP contribution in [0, 0.1) is 12.8 Å². The Hall–Kier alpha value is -1.29. The lowest BCUT2D eigenvalue weighted by Crippen LogP contribution is -2.41. The van der Waals surface area contributed by atoms with Crippen LogP contribution in [-0.4, -0.2) is 25.3 Å². The van der Waals surface area contributed by atoms with E-state index in [0.717, 1.165) is 28.7 Å². The summed E-state index contributed by atoms with van der Waals surface area (Å²) in [7, 11) is 5.86. The van der Waals surface area contributed by atoms with Crippen molar-refractivity contribution in [1.82, 2.24) is 10.4 Å². The minimum absolute atomic E-state index is 0.0910. The van der Waals surface area contributed by atoms with Gasteiger partial charge in [0, 0.05) is 12.1 Å². The van der Waals surface area contributed by atoms with E-state index in [1.165, 1.54) is 32.1 Å². The number of rotatable bonds is 3. The molecule has 1 heterocycles. The first-order chi connectivity index (χ1) is 9.65. The van der Waals surface area contributed by atoms with Gasteiger partial charge in [0.2, 0.25) is 0 Å². The highest BCUT2D eigenvalue weighted by molar-refractivity contribution is 6.32. The fraction of sp³-hybridized carbons (Fsp3) is 0.562. The maximum Gasteiger partial charge on any atom is 0.268 e. The molecule has 3 rings (SSSR count). The second-order valence-corrected chi connectivity index (χ2v) is 6.13. The molecule has 1 amide bonds. The van der Waals surface area contributed by atoms with E-state index in [9.17, 15) is 4.79 Å². The van der Waals surface area contributed by atoms with Crippen molar-refractivity contribution >= 4 is 19.2 Å². The number of hydrogen-bond donors (Lipinski definition) is 1. The van der Waals surface area contributed by atoms with Gasteiger partial charge in [-0.05, 0) is 36.8 Å². The summed E-state index contributed by atoms with van der Waals surface area (Å²) in [5.41, 5.74) is 6.93. The van der Waals surface area contributed by atoms with Gasteiger partial charge in [-0.1, -0.05) is 36.9 Å². The van der Waals surface area contributed by atoms with E-state index < -0.39 is 0 Å². The number of carbonyl (C=O) groups excluding carboxylic acids is 1. The average molecular weight is 268 g/mol. The maximum atomic E-state index is 12.4. The van der Waals surface area contributed by atoms with E-state index in [4.69, 9.17) is 7.85 Å². The molecular formula is C16H21BN2O. The second kappa shape index (κ2) is 5.61. The largest absolute Gasteiger partial charge is 0.269 e. The van der Waals surface area contributed by atoms with Gasteiger partial charge >= 0.3 is 0 Å². The third-order valence-corrected chi connectivity index (χ3v) is 4.52. The Kier molecular flexibility index (Phi) is 3.84. The number of benzene rings is 1. The van der Waals surface area contributed by atoms with Crippen molar-refractivity contribution in [3.63, 3.8) is 0 Å². The molecule has 1 aromatic carbocycles. The Bertz CT molecular complexity index is 523. The molecule has 1 saturated carbocycles. The lowest BCUT2D eigenvalue weighted by atomic mass is 9.89. The summed E-state index contributed by atoms with van der Waals surface area (Å²) in [6.45, 7) is 3.50. The summed E-state index contributed by atoms with van der Waals surface area (Å²) in [5, 5.41) is 1.76. The number of nitrogens with zero attached hydrogens (tertiary/aromatic N) is 1. The molecule has 1 aromatic rings. The highest BCUT2D eigenvalue weighted by Crippen LogP contribution is 2.25. The second-order valence-electron chi connectivity index (χ2n) is 6.13. The molecule has 3 nitrogen and oxygen atoms in total. The zero-order valence-electron chi connectivity index (χ0n) is 12.1. The van der Waals surface area contributed by atoms with Crippen LogP contribution >= 0.6 is 0 Å². The minimum atomic E-state index is 0.0910. The number of amides is 1. The smallest absolute Gasteiger partial charge is 0.268 e. The molecule has 1 N–H and O–H groups in total. The summed E-state index contributed by atoms with van der Waals surface area (Å²) in [6.07, 6.45) is 6.59. The summed E-state index contributed by atoms with van der Waals surface area (Å²) in [5.74, 6) is 0.805. The van der Waals surface area contributed by atoms with Crippen LogP contribution in [0.2, 0.25) is 0 Å². The first kappa shape index (κ1) is 13.7. The third kappa shape index (κ3) is 2.62. The molecule has 0 aromatic heterocycles. The number of carbonyl (C=O) groups is 1. The zero-order chi connectivity index (χ0) is 14.1. The van der Waals surface area contributed by atoms with Crippen molar-refractivity contribution in [2.24, 2.45) is 5.92 Å². The van der Waals surface area contributed by atoms with Gasteiger partial charge in [-0.15, -0.1) is 0 Å². The van der Waals surface area contributed by atoms with Crippen molar-refractivity contribution in [3.05, 3.63) is 28.8 Å². The maximum absolute atomic E-state index is 12.4. The van der Waals surface area contributed by atoms with Gasteiger partial charge in [-0.25, -0.2) is 5.43 Å². The molecule has 2 radical (unpaired) electrons. The lowest BCUT2D eigenvalue weighted by molar-refractivity contribution is 0.0663. The molecule has 20 heavy (non-hydrogen) atoms. The summed E-state index contributed by atoms with van der Waals surface area (Å²) in [6, 6.07) is 3.80. The Morgan fingerprint density at radius 2 is 2.05 bits per heavy atom. The van der Waals surface area contributed by atoms with Crippen LogP contribution in [0.4, 0.5) is 0 Å². The zero-order valence-corrected chi connectivity index (χ0v) is 12.1. The number of fused-ring (bicyclic) bond motifs is 1. The monoisotopic (exact) mass is 268 g/mol. The number of nitrogens with one attached hydrogen (secondary N) is 1. The van der Waals surface area contributed by atoms with E-state index in [1.54, 1.807) is 5.01 Å². The molecule has 0 atom stereocenters. The van der Waals surface area contributed by atoms with Gasteiger partial charge in [-0.2, -0.15) is 0 Å². The SMILES string of the molecule is [B]c1cc(C)c2c(c1)CN(NCC1CCCCC1)C2=O. The van der Waals surface area contributed by atoms with Crippen LogP contribution in [0.1, 0.15) is 53.6 Å². The molecule has 4 heteroatoms. The standard InChI is InChI=1S/C16H21BN2O/c1-11-7-14(17)8-13-10-19(16(20)15(11)13)18-9-12-5-3-2-4-6-12/h7-8,12,18H,2-6,9-10H2,1H3. The van der Waals surface area contributed by atoms with Crippen molar-refractivity contribution in [3.8, 4) is 0 Å². The average Bonchev–Trinajstić information content (AvgIpc) is 2.74. The topological polar surface area (TPSA) is 32.3 Å². The molecule has 1 aliphatic carbocycles. The Morgan fingerprint density at radius 1 is 1.30 bits per heavy atom. The van der Waals surface area contributed by atoms with Crippen LogP contribution in [0.5, 0.6) is 0 Å². The molecule has 0 saturated heterocycles. The van der Waals surface area contributed by atoms with E-state index in [0.29, 0.717) is 12.5 Å². The molecule has 0 unspecified atom stereocenters. The highest BCUT2D eigenvalue weighted by Gasteiger charge is 2.29. The molecule has 1 aliphatic heterocycles.